The van der Waals surface area contributed by atoms with Crippen LogP contribution in [-0.2, 0) is 6.18 Å². The molecule has 1 saturated heterocycles. The molecule has 0 saturated carbocycles. The number of aromatic nitrogens is 2. The number of fused-ring (bicyclic) bond motifs is 1. The van der Waals surface area contributed by atoms with Crippen molar-refractivity contribution in [3.63, 3.8) is 0 Å². The molecule has 0 atom stereocenters. The third kappa shape index (κ3) is 5.14. The second kappa shape index (κ2) is 9.41. The Morgan fingerprint density at radius 3 is 2.31 bits per heavy atom. The summed E-state index contributed by atoms with van der Waals surface area (Å²) in [6, 6.07) is 16.3. The van der Waals surface area contributed by atoms with Crippen molar-refractivity contribution in [1.82, 2.24) is 14.3 Å². The van der Waals surface area contributed by atoms with Crippen LogP contribution in [0.5, 0.6) is 17.4 Å². The van der Waals surface area contributed by atoms with Crippen LogP contribution in [0.25, 0.3) is 10.1 Å². The highest BCUT2D eigenvalue weighted by Gasteiger charge is 2.30. The van der Waals surface area contributed by atoms with Gasteiger partial charge in [-0.05, 0) is 54.0 Å². The molecule has 0 aliphatic carbocycles. The molecule has 180 valence electrons. The van der Waals surface area contributed by atoms with Gasteiger partial charge in [0.15, 0.2) is 0 Å². The highest BCUT2D eigenvalue weighted by molar-refractivity contribution is 7.13. The van der Waals surface area contributed by atoms with E-state index >= 15 is 0 Å². The molecular formula is C24H19F3N4O3S. The lowest BCUT2D eigenvalue weighted by Gasteiger charge is -2.34. The average Bonchev–Trinajstić information content (AvgIpc) is 3.29. The molecule has 3 heterocycles. The Morgan fingerprint density at radius 1 is 0.914 bits per heavy atom. The normalized spacial score (nSPS) is 14.3. The van der Waals surface area contributed by atoms with Crippen LogP contribution in [0.2, 0.25) is 0 Å². The van der Waals surface area contributed by atoms with E-state index in [1.54, 1.807) is 29.2 Å². The van der Waals surface area contributed by atoms with Gasteiger partial charge in [0.05, 0.1) is 10.3 Å². The number of carbonyl (C=O) groups is 1. The number of amides is 1. The molecule has 4 aromatic rings. The van der Waals surface area contributed by atoms with Crippen LogP contribution in [0, 0.1) is 0 Å². The van der Waals surface area contributed by atoms with Crippen LogP contribution in [0.4, 0.5) is 23.8 Å². The van der Waals surface area contributed by atoms with Gasteiger partial charge in [-0.2, -0.15) is 17.5 Å². The van der Waals surface area contributed by atoms with Crippen molar-refractivity contribution in [2.24, 2.45) is 0 Å². The van der Waals surface area contributed by atoms with Crippen LogP contribution in [-0.4, -0.2) is 46.5 Å². The van der Waals surface area contributed by atoms with Crippen LogP contribution in [0.15, 0.2) is 66.9 Å². The number of nitrogens with zero attached hydrogens (tertiary/aromatic N) is 4. The molecule has 1 aliphatic rings. The monoisotopic (exact) mass is 500 g/mol. The van der Waals surface area contributed by atoms with Gasteiger partial charge in [-0.25, -0.2) is 9.78 Å². The summed E-state index contributed by atoms with van der Waals surface area (Å²) < 4.78 is 54.6. The molecular weight excluding hydrogens is 481 g/mol. The molecule has 2 aromatic heterocycles. The number of rotatable bonds is 4. The van der Waals surface area contributed by atoms with E-state index in [0.717, 1.165) is 28.0 Å². The first-order valence-electron chi connectivity index (χ1n) is 10.7. The van der Waals surface area contributed by atoms with Crippen LogP contribution >= 0.6 is 11.5 Å². The molecule has 35 heavy (non-hydrogen) atoms. The van der Waals surface area contributed by atoms with Crippen molar-refractivity contribution in [2.45, 2.75) is 6.18 Å². The molecule has 0 radical (unpaired) electrons. The molecule has 7 nitrogen and oxygen atoms in total. The summed E-state index contributed by atoms with van der Waals surface area (Å²) in [5, 5.41) is 1.11. The second-order valence-electron chi connectivity index (χ2n) is 7.80. The van der Waals surface area contributed by atoms with E-state index in [9.17, 15) is 18.0 Å². The molecule has 1 fully saturated rings. The lowest BCUT2D eigenvalue weighted by Crippen LogP contribution is -2.49. The van der Waals surface area contributed by atoms with E-state index in [1.165, 1.54) is 11.5 Å². The van der Waals surface area contributed by atoms with E-state index in [4.69, 9.17) is 9.47 Å². The van der Waals surface area contributed by atoms with Gasteiger partial charge in [-0.3, -0.25) is 0 Å². The number of alkyl halides is 3. The second-order valence-corrected chi connectivity index (χ2v) is 8.61. The first-order chi connectivity index (χ1) is 16.9. The summed E-state index contributed by atoms with van der Waals surface area (Å²) in [4.78, 5) is 20.1. The third-order valence-electron chi connectivity index (χ3n) is 5.51. The maximum absolute atomic E-state index is 12.6. The summed E-state index contributed by atoms with van der Waals surface area (Å²) >= 11 is 1.46. The average molecular weight is 501 g/mol. The van der Waals surface area contributed by atoms with Gasteiger partial charge in [-0.1, -0.05) is 12.1 Å². The number of benzene rings is 2. The summed E-state index contributed by atoms with van der Waals surface area (Å²) in [5.41, 5.74) is -0.854. The minimum Gasteiger partial charge on any atom is -0.439 e. The minimum atomic E-state index is -4.46. The van der Waals surface area contributed by atoms with Gasteiger partial charge in [0.1, 0.15) is 17.3 Å². The first kappa shape index (κ1) is 22.9. The fraction of sp³-hybridized carbons (Fsp3) is 0.208. The molecule has 2 aromatic carbocycles. The number of hydrogen-bond donors (Lipinski definition) is 0. The Balaban J connectivity index is 1.14. The van der Waals surface area contributed by atoms with Gasteiger partial charge < -0.3 is 19.3 Å². The Kier molecular flexibility index (Phi) is 6.16. The Bertz CT molecular complexity index is 1320. The van der Waals surface area contributed by atoms with Crippen molar-refractivity contribution in [2.75, 3.05) is 31.1 Å². The number of carbonyl (C=O) groups excluding carboxylic acids is 1. The maximum atomic E-state index is 12.6. The highest BCUT2D eigenvalue weighted by Crippen LogP contribution is 2.31. The predicted molar refractivity (Wildman–Crippen MR) is 125 cm³/mol. The van der Waals surface area contributed by atoms with Gasteiger partial charge in [0, 0.05) is 43.8 Å². The Hall–Kier alpha value is -3.86. The summed E-state index contributed by atoms with van der Waals surface area (Å²) in [6.45, 7) is 2.31. The molecule has 1 amide bonds. The van der Waals surface area contributed by atoms with Gasteiger partial charge in [-0.15, -0.1) is 0 Å². The zero-order chi connectivity index (χ0) is 24.4. The summed E-state index contributed by atoms with van der Waals surface area (Å²) in [6.07, 6.45) is -4.20. The summed E-state index contributed by atoms with van der Waals surface area (Å²) in [7, 11) is 0. The Morgan fingerprint density at radius 2 is 1.63 bits per heavy atom. The number of anilines is 1. The molecule has 0 spiro atoms. The highest BCUT2D eigenvalue weighted by atomic mass is 32.1. The Labute approximate surface area is 202 Å². The molecule has 0 unspecified atom stereocenters. The largest absolute Gasteiger partial charge is 0.439 e. The van der Waals surface area contributed by atoms with Crippen LogP contribution in [0.1, 0.15) is 5.56 Å². The lowest BCUT2D eigenvalue weighted by molar-refractivity contribution is -0.137. The maximum Gasteiger partial charge on any atom is 0.417 e. The number of halogens is 3. The molecule has 0 N–H and O–H groups in total. The first-order valence-corrected chi connectivity index (χ1v) is 11.5. The fourth-order valence-corrected chi connectivity index (χ4v) is 4.47. The standard InChI is InChI=1S/C24H19F3N4O3S/c25-24(26,27)16-5-10-21(28-15-16)33-17-6-8-18(9-7-17)34-23(32)31-13-11-30(12-14-31)22-19-3-1-2-4-20(19)35-29-22/h1-10,15H,11-14H2. The third-order valence-corrected chi connectivity index (χ3v) is 6.33. The van der Waals surface area contributed by atoms with E-state index in [0.29, 0.717) is 43.9 Å². The van der Waals surface area contributed by atoms with Crippen molar-refractivity contribution in [3.05, 3.63) is 72.4 Å². The lowest BCUT2D eigenvalue weighted by atomic mass is 10.2. The van der Waals surface area contributed by atoms with Crippen molar-refractivity contribution < 1.29 is 27.4 Å². The van der Waals surface area contributed by atoms with E-state index in [1.807, 2.05) is 18.2 Å². The smallest absolute Gasteiger partial charge is 0.417 e. The van der Waals surface area contributed by atoms with Gasteiger partial charge in [0.25, 0.3) is 0 Å². The molecule has 5 rings (SSSR count). The van der Waals surface area contributed by atoms with Crippen LogP contribution < -0.4 is 14.4 Å². The van der Waals surface area contributed by atoms with E-state index in [2.05, 4.69) is 20.3 Å². The predicted octanol–water partition coefficient (Wildman–Crippen LogP) is 5.82. The zero-order valence-electron chi connectivity index (χ0n) is 18.2. The number of piperazine rings is 1. The fourth-order valence-electron chi connectivity index (χ4n) is 3.67. The SMILES string of the molecule is O=C(Oc1ccc(Oc2ccc(C(F)(F)F)cn2)cc1)N1CCN(c2nsc3ccccc23)CC1. The van der Waals surface area contributed by atoms with Crippen molar-refractivity contribution in [3.8, 4) is 17.4 Å². The number of ether oxygens (including phenoxy) is 2. The van der Waals surface area contributed by atoms with Crippen molar-refractivity contribution >= 4 is 33.5 Å². The van der Waals surface area contributed by atoms with E-state index < -0.39 is 17.8 Å². The van der Waals surface area contributed by atoms with Gasteiger partial charge in [0.2, 0.25) is 5.88 Å². The molecule has 0 bridgehead atoms. The molecule has 1 aliphatic heterocycles. The van der Waals surface area contributed by atoms with Crippen molar-refractivity contribution in [1.29, 1.82) is 0 Å². The quantitative estimate of drug-likeness (QED) is 0.352. The topological polar surface area (TPSA) is 67.8 Å². The minimum absolute atomic E-state index is 0.0218. The summed E-state index contributed by atoms with van der Waals surface area (Å²) in [5.74, 6) is 1.64. The van der Waals surface area contributed by atoms with Crippen LogP contribution in [0.3, 0.4) is 0 Å². The zero-order valence-corrected chi connectivity index (χ0v) is 19.1. The van der Waals surface area contributed by atoms with Gasteiger partial charge >= 0.3 is 12.3 Å². The number of hydrogen-bond acceptors (Lipinski definition) is 7. The molecule has 11 heteroatoms. The number of pyridine rings is 1. The van der Waals surface area contributed by atoms with E-state index in [-0.39, 0.29) is 5.88 Å².